The molecule has 0 bridgehead atoms. The second kappa shape index (κ2) is 9.13. The van der Waals surface area contributed by atoms with Crippen LogP contribution in [0.25, 0.3) is 0 Å². The van der Waals surface area contributed by atoms with Crippen molar-refractivity contribution in [3.63, 3.8) is 0 Å². The van der Waals surface area contributed by atoms with Crippen molar-refractivity contribution < 1.29 is 18.8 Å². The highest BCUT2D eigenvalue weighted by molar-refractivity contribution is 9.11. The Kier molecular flexibility index (Phi) is 6.31. The number of allylic oxidation sites excluding steroid dienone is 3. The van der Waals surface area contributed by atoms with Crippen LogP contribution in [0.3, 0.4) is 0 Å². The maximum absolute atomic E-state index is 13.1. The van der Waals surface area contributed by atoms with Gasteiger partial charge in [-0.3, -0.25) is 14.5 Å². The number of carbonyl (C=O) groups excluding carboxylic acids is 3. The number of halogens is 2. The SMILES string of the molecule is O=C(CCCN1C(=O)N=C2C=CC(Br)=CC2C1=O)N1CCN(c2ccc(F)cc2)CC1. The van der Waals surface area contributed by atoms with E-state index < -0.39 is 11.9 Å². The molecular formula is C22H22BrFN4O3. The third kappa shape index (κ3) is 4.76. The largest absolute Gasteiger partial charge is 0.368 e. The molecule has 2 aliphatic heterocycles. The molecular weight excluding hydrogens is 467 g/mol. The maximum atomic E-state index is 13.1. The van der Waals surface area contributed by atoms with Crippen LogP contribution in [0.1, 0.15) is 12.8 Å². The molecule has 1 saturated heterocycles. The van der Waals surface area contributed by atoms with E-state index in [-0.39, 0.29) is 30.6 Å². The average Bonchev–Trinajstić information content (AvgIpc) is 2.77. The number of aliphatic imine (C=N–C) groups is 1. The lowest BCUT2D eigenvalue weighted by atomic mass is 9.95. The molecule has 3 aliphatic rings. The molecule has 1 fully saturated rings. The van der Waals surface area contributed by atoms with Crippen molar-refractivity contribution >= 4 is 45.2 Å². The van der Waals surface area contributed by atoms with Crippen molar-refractivity contribution in [2.45, 2.75) is 12.8 Å². The Bertz CT molecular complexity index is 981. The molecule has 4 rings (SSSR count). The Labute approximate surface area is 188 Å². The van der Waals surface area contributed by atoms with Gasteiger partial charge in [-0.15, -0.1) is 0 Å². The summed E-state index contributed by atoms with van der Waals surface area (Å²) in [6.45, 7) is 2.68. The van der Waals surface area contributed by atoms with Crippen LogP contribution in [0.5, 0.6) is 0 Å². The van der Waals surface area contributed by atoms with E-state index in [9.17, 15) is 18.8 Å². The monoisotopic (exact) mass is 488 g/mol. The first-order valence-corrected chi connectivity index (χ1v) is 11.0. The van der Waals surface area contributed by atoms with Gasteiger partial charge in [-0.1, -0.05) is 22.0 Å². The first-order chi connectivity index (χ1) is 14.9. The predicted octanol–water partition coefficient (Wildman–Crippen LogP) is 3.12. The number of nitrogens with zero attached hydrogens (tertiary/aromatic N) is 4. The molecule has 31 heavy (non-hydrogen) atoms. The van der Waals surface area contributed by atoms with Crippen molar-refractivity contribution in [2.75, 3.05) is 37.6 Å². The van der Waals surface area contributed by atoms with Gasteiger partial charge in [-0.05, 0) is 42.8 Å². The Balaban J connectivity index is 1.26. The Morgan fingerprint density at radius 2 is 1.81 bits per heavy atom. The average molecular weight is 489 g/mol. The first-order valence-electron chi connectivity index (χ1n) is 10.2. The van der Waals surface area contributed by atoms with Gasteiger partial charge in [0.15, 0.2) is 0 Å². The fourth-order valence-corrected chi connectivity index (χ4v) is 4.32. The lowest BCUT2D eigenvalue weighted by molar-refractivity contribution is -0.133. The lowest BCUT2D eigenvalue weighted by Gasteiger charge is -2.36. The quantitative estimate of drug-likeness (QED) is 0.638. The molecule has 0 saturated carbocycles. The van der Waals surface area contributed by atoms with Gasteiger partial charge in [0.05, 0.1) is 5.71 Å². The molecule has 1 unspecified atom stereocenters. The second-order valence-corrected chi connectivity index (χ2v) is 8.54. The van der Waals surface area contributed by atoms with Crippen molar-refractivity contribution in [1.29, 1.82) is 0 Å². The highest BCUT2D eigenvalue weighted by Crippen LogP contribution is 2.25. The fraction of sp³-hybridized carbons (Fsp3) is 0.364. The molecule has 7 nitrogen and oxygen atoms in total. The van der Waals surface area contributed by atoms with Gasteiger partial charge >= 0.3 is 6.03 Å². The minimum absolute atomic E-state index is 0.00286. The highest BCUT2D eigenvalue weighted by Gasteiger charge is 2.36. The fourth-order valence-electron chi connectivity index (χ4n) is 3.92. The molecule has 4 amide bonds. The van der Waals surface area contributed by atoms with Crippen LogP contribution in [0.15, 0.2) is 52.0 Å². The normalized spacial score (nSPS) is 21.1. The van der Waals surface area contributed by atoms with E-state index in [1.165, 1.54) is 12.1 Å². The summed E-state index contributed by atoms with van der Waals surface area (Å²) in [5, 5.41) is 0. The molecule has 162 valence electrons. The topological polar surface area (TPSA) is 73.3 Å². The number of anilines is 1. The van der Waals surface area contributed by atoms with Crippen LogP contribution in [-0.4, -0.2) is 66.1 Å². The number of urea groups is 1. The summed E-state index contributed by atoms with van der Waals surface area (Å²) in [6.07, 6.45) is 5.80. The number of imide groups is 1. The summed E-state index contributed by atoms with van der Waals surface area (Å²) in [6, 6.07) is 5.77. The minimum atomic E-state index is -0.576. The van der Waals surface area contributed by atoms with Crippen molar-refractivity contribution in [2.24, 2.45) is 10.9 Å². The molecule has 1 atom stereocenters. The van der Waals surface area contributed by atoms with Gasteiger partial charge in [0.1, 0.15) is 11.7 Å². The van der Waals surface area contributed by atoms with Crippen LogP contribution in [0.4, 0.5) is 14.9 Å². The van der Waals surface area contributed by atoms with E-state index in [1.807, 2.05) is 0 Å². The Morgan fingerprint density at radius 3 is 2.52 bits per heavy atom. The lowest BCUT2D eigenvalue weighted by Crippen LogP contribution is -2.49. The van der Waals surface area contributed by atoms with Crippen LogP contribution >= 0.6 is 15.9 Å². The summed E-state index contributed by atoms with van der Waals surface area (Å²) in [5.74, 6) is -1.14. The van der Waals surface area contributed by atoms with Crippen LogP contribution in [0, 0.1) is 11.7 Å². The number of carbonyl (C=O) groups is 3. The van der Waals surface area contributed by atoms with Crippen molar-refractivity contribution in [1.82, 2.24) is 9.80 Å². The molecule has 1 aromatic rings. The molecule has 2 heterocycles. The van der Waals surface area contributed by atoms with Crippen molar-refractivity contribution in [3.8, 4) is 0 Å². The van der Waals surface area contributed by atoms with Gasteiger partial charge in [-0.2, -0.15) is 4.99 Å². The summed E-state index contributed by atoms with van der Waals surface area (Å²) in [4.78, 5) is 46.6. The smallest absolute Gasteiger partial charge is 0.350 e. The number of benzene rings is 1. The summed E-state index contributed by atoms with van der Waals surface area (Å²) in [5.41, 5.74) is 1.39. The number of hydrogen-bond donors (Lipinski definition) is 0. The maximum Gasteiger partial charge on any atom is 0.350 e. The third-order valence-electron chi connectivity index (χ3n) is 5.64. The van der Waals surface area contributed by atoms with Crippen molar-refractivity contribution in [3.05, 3.63) is 52.8 Å². The molecule has 1 aromatic carbocycles. The summed E-state index contributed by atoms with van der Waals surface area (Å²) >= 11 is 3.34. The second-order valence-electron chi connectivity index (χ2n) is 7.62. The van der Waals surface area contributed by atoms with E-state index in [0.29, 0.717) is 38.3 Å². The molecule has 0 spiro atoms. The van der Waals surface area contributed by atoms with Crippen LogP contribution < -0.4 is 4.90 Å². The van der Waals surface area contributed by atoms with Crippen LogP contribution in [-0.2, 0) is 9.59 Å². The van der Waals surface area contributed by atoms with E-state index in [0.717, 1.165) is 15.1 Å². The highest BCUT2D eigenvalue weighted by atomic mass is 79.9. The molecule has 9 heteroatoms. The molecule has 0 radical (unpaired) electrons. The van der Waals surface area contributed by atoms with Gasteiger partial charge in [-0.25, -0.2) is 9.18 Å². The first kappa shape index (κ1) is 21.4. The summed E-state index contributed by atoms with van der Waals surface area (Å²) < 4.78 is 13.9. The predicted molar refractivity (Wildman–Crippen MR) is 119 cm³/mol. The number of fused-ring (bicyclic) bond motifs is 1. The molecule has 0 N–H and O–H groups in total. The Morgan fingerprint density at radius 1 is 1.10 bits per heavy atom. The zero-order chi connectivity index (χ0) is 22.0. The van der Waals surface area contributed by atoms with Crippen LogP contribution in [0.2, 0.25) is 0 Å². The van der Waals surface area contributed by atoms with Gasteiger partial charge < -0.3 is 9.80 Å². The van der Waals surface area contributed by atoms with Gasteiger partial charge in [0, 0.05) is 49.3 Å². The zero-order valence-corrected chi connectivity index (χ0v) is 18.4. The van der Waals surface area contributed by atoms with E-state index in [4.69, 9.17) is 0 Å². The molecule has 0 aromatic heterocycles. The molecule has 1 aliphatic carbocycles. The van der Waals surface area contributed by atoms with E-state index in [2.05, 4.69) is 25.8 Å². The number of rotatable bonds is 5. The summed E-state index contributed by atoms with van der Waals surface area (Å²) in [7, 11) is 0. The van der Waals surface area contributed by atoms with Gasteiger partial charge in [0.25, 0.3) is 0 Å². The minimum Gasteiger partial charge on any atom is -0.368 e. The van der Waals surface area contributed by atoms with E-state index >= 15 is 0 Å². The number of piperazine rings is 1. The standard InChI is InChI=1S/C22H22BrFN4O3/c23-15-3-8-19-18(14-15)21(30)28(22(31)25-19)9-1-2-20(29)27-12-10-26(11-13-27)17-6-4-16(24)5-7-17/h3-8,14,18H,1-2,9-13H2. The third-order valence-corrected chi connectivity index (χ3v) is 6.17. The Hall–Kier alpha value is -2.81. The zero-order valence-electron chi connectivity index (χ0n) is 16.8. The van der Waals surface area contributed by atoms with Gasteiger partial charge in [0.2, 0.25) is 11.8 Å². The number of hydrogen-bond acceptors (Lipinski definition) is 4. The number of amides is 4. The van der Waals surface area contributed by atoms with E-state index in [1.54, 1.807) is 35.3 Å².